The van der Waals surface area contributed by atoms with Gasteiger partial charge in [0.25, 0.3) is 5.56 Å². The number of hydrogen-bond acceptors (Lipinski definition) is 7. The van der Waals surface area contributed by atoms with Crippen molar-refractivity contribution in [3.8, 4) is 0 Å². The monoisotopic (exact) mass is 452 g/mol. The number of rotatable bonds is 7. The average Bonchev–Trinajstić information content (AvgIpc) is 3.04. The predicted octanol–water partition coefficient (Wildman–Crippen LogP) is 2.83. The highest BCUT2D eigenvalue weighted by Gasteiger charge is 2.14. The Morgan fingerprint density at radius 1 is 1.41 bits per heavy atom. The molecule has 3 rings (SSSR count). The Morgan fingerprint density at radius 3 is 2.93 bits per heavy atom. The Labute approximate surface area is 167 Å². The van der Waals surface area contributed by atoms with Crippen LogP contribution in [0.2, 0.25) is 0 Å². The summed E-state index contributed by atoms with van der Waals surface area (Å²) in [6, 6.07) is 6.95. The summed E-state index contributed by atoms with van der Waals surface area (Å²) in [6.07, 6.45) is 0. The second-order valence-electron chi connectivity index (χ2n) is 5.67. The maximum Gasteiger partial charge on any atom is 0.262 e. The number of thioether (sulfide) groups is 1. The molecule has 2 heterocycles. The summed E-state index contributed by atoms with van der Waals surface area (Å²) in [5, 5.41) is 7.30. The van der Waals surface area contributed by atoms with E-state index in [0.29, 0.717) is 34.9 Å². The van der Waals surface area contributed by atoms with Crippen LogP contribution in [0.5, 0.6) is 0 Å². The molecule has 0 radical (unpaired) electrons. The Morgan fingerprint density at radius 2 is 2.22 bits per heavy atom. The molecule has 0 aliphatic rings. The van der Waals surface area contributed by atoms with E-state index in [1.807, 2.05) is 6.07 Å². The molecule has 3 aromatic rings. The van der Waals surface area contributed by atoms with Crippen LogP contribution >= 0.6 is 27.7 Å². The number of nitrogens with zero attached hydrogens (tertiary/aromatic N) is 3. The van der Waals surface area contributed by atoms with Gasteiger partial charge in [0.05, 0.1) is 35.5 Å². The highest BCUT2D eigenvalue weighted by molar-refractivity contribution is 9.10. The number of hydrogen-bond donors (Lipinski definition) is 1. The first kappa shape index (κ1) is 19.6. The molecule has 0 aliphatic heterocycles. The van der Waals surface area contributed by atoms with Crippen molar-refractivity contribution in [2.75, 3.05) is 24.8 Å². The molecular weight excluding hydrogens is 436 g/mol. The van der Waals surface area contributed by atoms with Crippen LogP contribution in [0.25, 0.3) is 10.9 Å². The van der Waals surface area contributed by atoms with Crippen molar-refractivity contribution in [3.63, 3.8) is 0 Å². The summed E-state index contributed by atoms with van der Waals surface area (Å²) in [7, 11) is 1.57. The third-order valence-electron chi connectivity index (χ3n) is 3.62. The van der Waals surface area contributed by atoms with E-state index in [0.717, 1.165) is 4.47 Å². The zero-order chi connectivity index (χ0) is 19.4. The van der Waals surface area contributed by atoms with Crippen LogP contribution in [0.1, 0.15) is 5.69 Å². The van der Waals surface area contributed by atoms with Crippen LogP contribution < -0.4 is 10.9 Å². The summed E-state index contributed by atoms with van der Waals surface area (Å²) in [4.78, 5) is 29.5. The fraction of sp³-hybridized carbons (Fsp3) is 0.294. The van der Waals surface area contributed by atoms with Gasteiger partial charge in [0.2, 0.25) is 11.8 Å². The van der Waals surface area contributed by atoms with Gasteiger partial charge < -0.3 is 9.26 Å². The molecule has 27 heavy (non-hydrogen) atoms. The van der Waals surface area contributed by atoms with Gasteiger partial charge in [0.15, 0.2) is 5.16 Å². The van der Waals surface area contributed by atoms with Crippen LogP contribution in [0, 0.1) is 6.92 Å². The Hall–Kier alpha value is -2.17. The zero-order valence-electron chi connectivity index (χ0n) is 14.7. The van der Waals surface area contributed by atoms with E-state index in [9.17, 15) is 9.59 Å². The van der Waals surface area contributed by atoms with Crippen molar-refractivity contribution >= 4 is 50.4 Å². The van der Waals surface area contributed by atoms with E-state index < -0.39 is 0 Å². The van der Waals surface area contributed by atoms with Crippen molar-refractivity contribution < 1.29 is 14.1 Å². The third-order valence-corrected chi connectivity index (χ3v) is 5.09. The summed E-state index contributed by atoms with van der Waals surface area (Å²) in [6.45, 7) is 2.47. The van der Waals surface area contributed by atoms with Crippen molar-refractivity contribution in [3.05, 3.63) is 44.8 Å². The van der Waals surface area contributed by atoms with E-state index >= 15 is 0 Å². The lowest BCUT2D eigenvalue weighted by molar-refractivity contribution is -0.113. The largest absolute Gasteiger partial charge is 0.383 e. The van der Waals surface area contributed by atoms with Crippen LogP contribution in [0.3, 0.4) is 0 Å². The number of aryl methyl sites for hydroxylation is 1. The van der Waals surface area contributed by atoms with Crippen LogP contribution in [0.15, 0.2) is 43.2 Å². The Balaban J connectivity index is 1.84. The summed E-state index contributed by atoms with van der Waals surface area (Å²) in [5.41, 5.74) is 1.08. The van der Waals surface area contributed by atoms with Gasteiger partial charge in [0.1, 0.15) is 0 Å². The van der Waals surface area contributed by atoms with Gasteiger partial charge in [0, 0.05) is 17.6 Å². The molecule has 1 N–H and O–H groups in total. The average molecular weight is 453 g/mol. The number of carbonyl (C=O) groups excluding carboxylic acids is 1. The van der Waals surface area contributed by atoms with Gasteiger partial charge in [-0.3, -0.25) is 19.5 Å². The zero-order valence-corrected chi connectivity index (χ0v) is 17.1. The standard InChI is InChI=1S/C17H17BrN4O4S/c1-10-7-15(26-21-10)20-14(23)9-27-17-19-13-4-3-11(18)8-12(13)16(24)22(17)5-6-25-2/h3-4,7-8H,5-6,9H2,1-2H3,(H,20,23). The summed E-state index contributed by atoms with van der Waals surface area (Å²) in [5.74, 6) is 0.0760. The number of benzene rings is 1. The number of carbonyl (C=O) groups is 1. The topological polar surface area (TPSA) is 99.2 Å². The van der Waals surface area contributed by atoms with E-state index in [1.54, 1.807) is 32.2 Å². The van der Waals surface area contributed by atoms with E-state index in [-0.39, 0.29) is 23.1 Å². The minimum absolute atomic E-state index is 0.0706. The highest BCUT2D eigenvalue weighted by Crippen LogP contribution is 2.21. The minimum Gasteiger partial charge on any atom is -0.383 e. The molecular formula is C17H17BrN4O4S. The lowest BCUT2D eigenvalue weighted by atomic mass is 10.2. The van der Waals surface area contributed by atoms with Gasteiger partial charge >= 0.3 is 0 Å². The maximum absolute atomic E-state index is 12.9. The fourth-order valence-electron chi connectivity index (χ4n) is 2.39. The number of ether oxygens (including phenoxy) is 1. The molecule has 1 amide bonds. The summed E-state index contributed by atoms with van der Waals surface area (Å²) >= 11 is 4.55. The molecule has 8 nitrogen and oxygen atoms in total. The molecule has 0 atom stereocenters. The Kier molecular flexibility index (Phi) is 6.30. The number of amides is 1. The Bertz CT molecular complexity index is 1030. The maximum atomic E-state index is 12.9. The quantitative estimate of drug-likeness (QED) is 0.434. The van der Waals surface area contributed by atoms with Crippen molar-refractivity contribution in [2.24, 2.45) is 0 Å². The van der Waals surface area contributed by atoms with Crippen LogP contribution in [0.4, 0.5) is 5.88 Å². The number of anilines is 1. The molecule has 0 spiro atoms. The molecule has 0 unspecified atom stereocenters. The number of fused-ring (bicyclic) bond motifs is 1. The number of methoxy groups -OCH3 is 1. The van der Waals surface area contributed by atoms with Crippen molar-refractivity contribution in [1.29, 1.82) is 0 Å². The molecule has 0 saturated heterocycles. The van der Waals surface area contributed by atoms with Gasteiger partial charge in [-0.2, -0.15) is 0 Å². The lowest BCUT2D eigenvalue weighted by Gasteiger charge is -2.12. The molecule has 0 bridgehead atoms. The van der Waals surface area contributed by atoms with Crippen molar-refractivity contribution in [2.45, 2.75) is 18.6 Å². The minimum atomic E-state index is -0.278. The molecule has 0 aliphatic carbocycles. The van der Waals surface area contributed by atoms with Crippen molar-refractivity contribution in [1.82, 2.24) is 14.7 Å². The van der Waals surface area contributed by atoms with Gasteiger partial charge in [-0.15, -0.1) is 0 Å². The predicted molar refractivity (Wildman–Crippen MR) is 106 cm³/mol. The fourth-order valence-corrected chi connectivity index (χ4v) is 3.58. The first-order valence-corrected chi connectivity index (χ1v) is 9.81. The second-order valence-corrected chi connectivity index (χ2v) is 7.53. The normalized spacial score (nSPS) is 11.1. The number of halogens is 1. The first-order chi connectivity index (χ1) is 13.0. The third kappa shape index (κ3) is 4.76. The molecule has 142 valence electrons. The molecule has 10 heteroatoms. The number of aromatic nitrogens is 3. The second kappa shape index (κ2) is 8.68. The van der Waals surface area contributed by atoms with Crippen LogP contribution in [-0.2, 0) is 16.1 Å². The van der Waals surface area contributed by atoms with E-state index in [1.165, 1.54) is 16.3 Å². The lowest BCUT2D eigenvalue weighted by Crippen LogP contribution is -2.26. The van der Waals surface area contributed by atoms with Gasteiger partial charge in [-0.1, -0.05) is 32.8 Å². The molecule has 0 saturated carbocycles. The SMILES string of the molecule is COCCn1c(SCC(=O)Nc2cc(C)no2)nc2ccc(Br)cc2c1=O. The smallest absolute Gasteiger partial charge is 0.262 e. The van der Waals surface area contributed by atoms with Gasteiger partial charge in [-0.25, -0.2) is 4.98 Å². The molecule has 1 aromatic carbocycles. The van der Waals surface area contributed by atoms with Gasteiger partial charge in [-0.05, 0) is 25.1 Å². The van der Waals surface area contributed by atoms with E-state index in [4.69, 9.17) is 9.26 Å². The van der Waals surface area contributed by atoms with E-state index in [2.05, 4.69) is 31.4 Å². The number of nitrogens with one attached hydrogen (secondary N) is 1. The molecule has 0 fully saturated rings. The first-order valence-electron chi connectivity index (χ1n) is 8.03. The molecule has 2 aromatic heterocycles. The van der Waals surface area contributed by atoms with Crippen LogP contribution in [-0.4, -0.2) is 40.1 Å². The summed E-state index contributed by atoms with van der Waals surface area (Å²) < 4.78 is 12.4. The highest BCUT2D eigenvalue weighted by atomic mass is 79.9.